The number of aliphatic hydroxyl groups is 1. The molecular weight excluding hydrogens is 414 g/mol. The highest BCUT2D eigenvalue weighted by Gasteiger charge is 2.08. The van der Waals surface area contributed by atoms with Crippen molar-refractivity contribution in [3.63, 3.8) is 0 Å². The van der Waals surface area contributed by atoms with Crippen LogP contribution >= 0.6 is 0 Å². The van der Waals surface area contributed by atoms with E-state index in [1.54, 1.807) is 23.1 Å². The molecule has 0 aliphatic heterocycles. The van der Waals surface area contributed by atoms with Gasteiger partial charge in [0, 0.05) is 16.9 Å². The van der Waals surface area contributed by atoms with Crippen LogP contribution in [-0.2, 0) is 4.79 Å². The quantitative estimate of drug-likeness (QED) is 0.280. The molecule has 0 saturated carbocycles. The third kappa shape index (κ3) is 5.27. The summed E-state index contributed by atoms with van der Waals surface area (Å²) < 4.78 is 1.72. The number of benzene rings is 3. The number of hydrogen-bond donors (Lipinski definition) is 3. The first-order valence-corrected chi connectivity index (χ1v) is 10.5. The minimum absolute atomic E-state index is 0.229. The van der Waals surface area contributed by atoms with E-state index in [0.717, 1.165) is 34.1 Å². The predicted octanol–water partition coefficient (Wildman–Crippen LogP) is 5.31. The van der Waals surface area contributed by atoms with Crippen LogP contribution in [0.5, 0.6) is 0 Å². The number of aryl methyl sites for hydroxylation is 3. The van der Waals surface area contributed by atoms with E-state index in [0.29, 0.717) is 11.5 Å². The molecular formula is C26H25N5O2. The molecule has 7 heteroatoms. The van der Waals surface area contributed by atoms with Crippen molar-refractivity contribution in [3.8, 4) is 17.1 Å². The Morgan fingerprint density at radius 3 is 2.24 bits per heavy atom. The maximum atomic E-state index is 12.3. The second kappa shape index (κ2) is 9.40. The number of para-hydroxylation sites is 1. The molecule has 0 fully saturated rings. The van der Waals surface area contributed by atoms with E-state index in [1.807, 2.05) is 75.4 Å². The lowest BCUT2D eigenvalue weighted by atomic mass is 10.1. The van der Waals surface area contributed by atoms with Crippen LogP contribution in [0.15, 0.2) is 85.0 Å². The van der Waals surface area contributed by atoms with Crippen LogP contribution in [0.4, 0.5) is 11.4 Å². The van der Waals surface area contributed by atoms with Gasteiger partial charge in [0.2, 0.25) is 0 Å². The predicted molar refractivity (Wildman–Crippen MR) is 130 cm³/mol. The standard InChI is InChI=1S/C26H25N5O2/c1-17-7-13-22(14-8-17)31-16-27-26(30-31)20-9-11-21(12-10-20)28-23(32)15-24(33)29-25-18(2)5-4-6-19(25)3/h4-16,29,33H,1-3H3,(H,28,32)/b24-15-. The van der Waals surface area contributed by atoms with Gasteiger partial charge >= 0.3 is 0 Å². The van der Waals surface area contributed by atoms with Gasteiger partial charge in [-0.15, -0.1) is 5.10 Å². The molecule has 33 heavy (non-hydrogen) atoms. The summed E-state index contributed by atoms with van der Waals surface area (Å²) in [5, 5.41) is 20.3. The molecule has 0 unspecified atom stereocenters. The highest BCUT2D eigenvalue weighted by atomic mass is 16.3. The van der Waals surface area contributed by atoms with Crippen molar-refractivity contribution in [2.45, 2.75) is 20.8 Å². The number of rotatable bonds is 6. The Labute approximate surface area is 192 Å². The van der Waals surface area contributed by atoms with Gasteiger partial charge in [0.25, 0.3) is 5.91 Å². The molecule has 0 atom stereocenters. The van der Waals surface area contributed by atoms with Gasteiger partial charge in [-0.1, -0.05) is 35.9 Å². The molecule has 0 radical (unpaired) electrons. The monoisotopic (exact) mass is 439 g/mol. The number of nitrogens with one attached hydrogen (secondary N) is 2. The van der Waals surface area contributed by atoms with Crippen molar-refractivity contribution in [1.29, 1.82) is 0 Å². The number of aromatic nitrogens is 3. The van der Waals surface area contributed by atoms with Crippen LogP contribution in [0, 0.1) is 20.8 Å². The molecule has 0 bridgehead atoms. The lowest BCUT2D eigenvalue weighted by Gasteiger charge is -2.11. The van der Waals surface area contributed by atoms with Crippen molar-refractivity contribution < 1.29 is 9.90 Å². The Morgan fingerprint density at radius 1 is 0.909 bits per heavy atom. The molecule has 166 valence electrons. The fourth-order valence-electron chi connectivity index (χ4n) is 3.40. The van der Waals surface area contributed by atoms with Gasteiger partial charge in [-0.3, -0.25) is 4.79 Å². The molecule has 1 amide bonds. The topological polar surface area (TPSA) is 92.1 Å². The summed E-state index contributed by atoms with van der Waals surface area (Å²) in [7, 11) is 0. The first-order chi connectivity index (χ1) is 15.9. The highest BCUT2D eigenvalue weighted by molar-refractivity contribution is 5.99. The average molecular weight is 440 g/mol. The molecule has 1 heterocycles. The summed E-state index contributed by atoms with van der Waals surface area (Å²) in [4.78, 5) is 16.7. The van der Waals surface area contributed by atoms with Gasteiger partial charge in [0.1, 0.15) is 6.33 Å². The molecule has 0 aliphatic rings. The minimum atomic E-state index is -0.444. The number of nitrogens with zero attached hydrogens (tertiary/aromatic N) is 3. The Hall–Kier alpha value is -4.39. The zero-order chi connectivity index (χ0) is 23.4. The Bertz CT molecular complexity index is 1290. The second-order valence-electron chi connectivity index (χ2n) is 7.84. The molecule has 3 N–H and O–H groups in total. The van der Waals surface area contributed by atoms with Gasteiger partial charge in [-0.05, 0) is 68.3 Å². The summed E-state index contributed by atoms with van der Waals surface area (Å²) in [6.45, 7) is 5.90. The SMILES string of the molecule is Cc1ccc(-n2cnc(-c3ccc(NC(=O)/C=C(\O)Nc4c(C)cccc4C)cc3)n2)cc1. The van der Waals surface area contributed by atoms with Crippen LogP contribution in [0.25, 0.3) is 17.1 Å². The van der Waals surface area contributed by atoms with Crippen molar-refractivity contribution in [2.24, 2.45) is 0 Å². The van der Waals surface area contributed by atoms with Crippen molar-refractivity contribution >= 4 is 17.3 Å². The first-order valence-electron chi connectivity index (χ1n) is 10.5. The van der Waals surface area contributed by atoms with Gasteiger partial charge < -0.3 is 15.7 Å². The molecule has 7 nitrogen and oxygen atoms in total. The zero-order valence-corrected chi connectivity index (χ0v) is 18.7. The van der Waals surface area contributed by atoms with Crippen molar-refractivity contribution in [2.75, 3.05) is 10.6 Å². The number of amides is 1. The van der Waals surface area contributed by atoms with E-state index in [1.165, 1.54) is 5.56 Å². The second-order valence-corrected chi connectivity index (χ2v) is 7.84. The van der Waals surface area contributed by atoms with Crippen LogP contribution in [0.1, 0.15) is 16.7 Å². The van der Waals surface area contributed by atoms with Gasteiger partial charge in [-0.2, -0.15) is 0 Å². The number of carbonyl (C=O) groups excluding carboxylic acids is 1. The zero-order valence-electron chi connectivity index (χ0n) is 18.7. The largest absolute Gasteiger partial charge is 0.494 e. The average Bonchev–Trinajstić information content (AvgIpc) is 3.27. The molecule has 0 spiro atoms. The van der Waals surface area contributed by atoms with Crippen molar-refractivity contribution in [3.05, 3.63) is 102 Å². The minimum Gasteiger partial charge on any atom is -0.494 e. The maximum absolute atomic E-state index is 12.3. The Kier molecular flexibility index (Phi) is 6.22. The van der Waals surface area contributed by atoms with Gasteiger partial charge in [0.05, 0.1) is 11.8 Å². The first kappa shape index (κ1) is 21.8. The third-order valence-electron chi connectivity index (χ3n) is 5.20. The van der Waals surface area contributed by atoms with Crippen molar-refractivity contribution in [1.82, 2.24) is 14.8 Å². The fraction of sp³-hybridized carbons (Fsp3) is 0.115. The van der Waals surface area contributed by atoms with E-state index in [4.69, 9.17) is 0 Å². The van der Waals surface area contributed by atoms with Crippen LogP contribution in [-0.4, -0.2) is 25.8 Å². The van der Waals surface area contributed by atoms with E-state index < -0.39 is 5.91 Å². The van der Waals surface area contributed by atoms with Gasteiger partial charge in [0.15, 0.2) is 11.7 Å². The van der Waals surface area contributed by atoms with E-state index in [-0.39, 0.29) is 5.88 Å². The molecule has 0 aliphatic carbocycles. The van der Waals surface area contributed by atoms with Gasteiger partial charge in [-0.25, -0.2) is 9.67 Å². The number of hydrogen-bond acceptors (Lipinski definition) is 5. The van der Waals surface area contributed by atoms with Crippen LogP contribution < -0.4 is 10.6 Å². The lowest BCUT2D eigenvalue weighted by Crippen LogP contribution is -2.12. The summed E-state index contributed by atoms with van der Waals surface area (Å²) >= 11 is 0. The fourth-order valence-corrected chi connectivity index (χ4v) is 3.40. The van der Waals surface area contributed by atoms with E-state index in [9.17, 15) is 9.90 Å². The summed E-state index contributed by atoms with van der Waals surface area (Å²) in [6.07, 6.45) is 2.79. The van der Waals surface area contributed by atoms with Crippen LogP contribution in [0.3, 0.4) is 0 Å². The molecule has 1 aromatic heterocycles. The molecule has 3 aromatic carbocycles. The van der Waals surface area contributed by atoms with E-state index >= 15 is 0 Å². The molecule has 4 rings (SSSR count). The molecule has 4 aromatic rings. The normalized spacial score (nSPS) is 11.3. The third-order valence-corrected chi connectivity index (χ3v) is 5.20. The van der Waals surface area contributed by atoms with E-state index in [2.05, 4.69) is 20.7 Å². The lowest BCUT2D eigenvalue weighted by molar-refractivity contribution is -0.112. The summed E-state index contributed by atoms with van der Waals surface area (Å²) in [5.74, 6) is -0.0862. The van der Waals surface area contributed by atoms with Crippen LogP contribution in [0.2, 0.25) is 0 Å². The smallest absolute Gasteiger partial charge is 0.253 e. The summed E-state index contributed by atoms with van der Waals surface area (Å²) in [5.41, 5.74) is 6.27. The number of carbonyl (C=O) groups is 1. The summed E-state index contributed by atoms with van der Waals surface area (Å²) in [6, 6.07) is 21.0. The Balaban J connectivity index is 1.41. The molecule has 0 saturated heterocycles. The number of aliphatic hydroxyl groups excluding tert-OH is 1. The highest BCUT2D eigenvalue weighted by Crippen LogP contribution is 2.21. The number of anilines is 2. The maximum Gasteiger partial charge on any atom is 0.253 e. The Morgan fingerprint density at radius 2 is 1.58 bits per heavy atom.